The second-order valence-corrected chi connectivity index (χ2v) is 9.14. The van der Waals surface area contributed by atoms with Gasteiger partial charge in [-0.25, -0.2) is 0 Å². The van der Waals surface area contributed by atoms with Gasteiger partial charge in [0, 0.05) is 29.7 Å². The topological polar surface area (TPSA) is 24.8 Å². The normalized spacial score (nSPS) is 22.4. The van der Waals surface area contributed by atoms with Gasteiger partial charge in [0.25, 0.3) is 0 Å². The molecule has 32 heavy (non-hydrogen) atoms. The van der Waals surface area contributed by atoms with Gasteiger partial charge in [-0.3, -0.25) is 5.01 Å². The zero-order valence-electron chi connectivity index (χ0n) is 19.3. The number of rotatable bonds is 8. The molecule has 0 spiro atoms. The van der Waals surface area contributed by atoms with Gasteiger partial charge in [-0.05, 0) is 96.1 Å². The van der Waals surface area contributed by atoms with Gasteiger partial charge in [0.15, 0.2) is 0 Å². The van der Waals surface area contributed by atoms with Crippen molar-refractivity contribution in [1.82, 2.24) is 5.01 Å². The van der Waals surface area contributed by atoms with Crippen LogP contribution in [0.3, 0.4) is 0 Å². The van der Waals surface area contributed by atoms with E-state index in [0.29, 0.717) is 11.3 Å². The molecule has 0 N–H and O–H groups in total. The summed E-state index contributed by atoms with van der Waals surface area (Å²) >= 11 is 1.91. The van der Waals surface area contributed by atoms with Crippen molar-refractivity contribution in [3.8, 4) is 0 Å². The summed E-state index contributed by atoms with van der Waals surface area (Å²) < 4.78 is 5.41. The number of thioether (sulfide) groups is 1. The van der Waals surface area contributed by atoms with E-state index in [1.165, 1.54) is 28.5 Å². The molecule has 0 bridgehead atoms. The zero-order chi connectivity index (χ0) is 21.9. The van der Waals surface area contributed by atoms with Crippen LogP contribution in [0, 0.1) is 70.6 Å². The fourth-order valence-electron chi connectivity index (χ4n) is 3.74. The van der Waals surface area contributed by atoms with E-state index in [1.54, 1.807) is 7.11 Å². The van der Waals surface area contributed by atoms with E-state index in [0.717, 1.165) is 26.0 Å². The largest absolute Gasteiger partial charge is 2.00 e. The van der Waals surface area contributed by atoms with E-state index in [-0.39, 0.29) is 17.1 Å². The fourth-order valence-corrected chi connectivity index (χ4v) is 4.82. The molecule has 3 fully saturated rings. The number of hydrogen-bond donors (Lipinski definition) is 0. The third-order valence-electron chi connectivity index (χ3n) is 5.43. The monoisotopic (exact) mass is 490 g/mol. The summed E-state index contributed by atoms with van der Waals surface area (Å²) in [6.07, 6.45) is 22.0. The molecule has 0 aromatic heterocycles. The number of nitrogens with zero attached hydrogens (tertiary/aromatic N) is 2. The van der Waals surface area contributed by atoms with Crippen LogP contribution in [0.2, 0.25) is 0 Å². The van der Waals surface area contributed by atoms with Crippen molar-refractivity contribution in [2.24, 2.45) is 5.10 Å². The average Bonchev–Trinajstić information content (AvgIpc) is 3.57. The second-order valence-electron chi connectivity index (χ2n) is 7.86. The van der Waals surface area contributed by atoms with E-state index in [2.05, 4.69) is 68.8 Å². The first kappa shape index (κ1) is 27.8. The van der Waals surface area contributed by atoms with Gasteiger partial charge in [-0.15, -0.1) is 11.8 Å². The minimum absolute atomic E-state index is 0. The number of benzene rings is 1. The minimum atomic E-state index is 0. The number of aryl methyl sites for hydroxylation is 1. The molecular weight excluding hydrogens is 456 g/mol. The maximum atomic E-state index is 5.41. The Morgan fingerprint density at radius 2 is 1.69 bits per heavy atom. The molecule has 2 saturated carbocycles. The standard InChI is InChI=1S/C22H29N2OS.C5H5.Fe/c1-4-21(26-20-13-11-17(2)12-14-20)22(18-8-5-6-9-18)23-24-15-7-10-19(24)16-25-3;1-2-4-5-3-1;/h5-6,8-9,11-14,19,21H,4,7,10,15-16H2,1-3H3;1-5H;/q;;+2/b23-22+;;/t19-,21+;;/m0../s1. The van der Waals surface area contributed by atoms with Crippen LogP contribution < -0.4 is 0 Å². The molecular formula is C27H34FeN2OS+2. The van der Waals surface area contributed by atoms with Crippen LogP contribution in [0.4, 0.5) is 0 Å². The Morgan fingerprint density at radius 1 is 1.06 bits per heavy atom. The first-order chi connectivity index (χ1) is 15.2. The molecule has 1 aromatic rings. The van der Waals surface area contributed by atoms with Crippen molar-refractivity contribution in [2.75, 3.05) is 20.3 Å². The van der Waals surface area contributed by atoms with E-state index in [1.807, 2.05) is 43.9 Å². The Morgan fingerprint density at radius 3 is 2.25 bits per heavy atom. The molecule has 2 atom stereocenters. The molecule has 1 aromatic carbocycles. The van der Waals surface area contributed by atoms with Gasteiger partial charge in [0.1, 0.15) is 0 Å². The van der Waals surface area contributed by atoms with Crippen LogP contribution in [0.1, 0.15) is 31.7 Å². The number of methoxy groups -OCH3 is 1. The van der Waals surface area contributed by atoms with Crippen LogP contribution in [-0.4, -0.2) is 42.3 Å². The fraction of sp³-hybridized carbons (Fsp3) is 0.370. The third kappa shape index (κ3) is 8.70. The molecule has 0 unspecified atom stereocenters. The summed E-state index contributed by atoms with van der Waals surface area (Å²) in [6, 6.07) is 9.20. The first-order valence-electron chi connectivity index (χ1n) is 11.2. The zero-order valence-corrected chi connectivity index (χ0v) is 21.2. The quantitative estimate of drug-likeness (QED) is 0.263. The predicted molar refractivity (Wildman–Crippen MR) is 132 cm³/mol. The summed E-state index contributed by atoms with van der Waals surface area (Å²) in [5.41, 5.74) is 2.48. The smallest absolute Gasteiger partial charge is 0.382 e. The Bertz CT molecular complexity index is 649. The van der Waals surface area contributed by atoms with Crippen LogP contribution in [0.25, 0.3) is 0 Å². The molecule has 0 amide bonds. The van der Waals surface area contributed by atoms with Gasteiger partial charge in [-0.2, -0.15) is 5.10 Å². The molecule has 1 aliphatic heterocycles. The first-order valence-corrected chi connectivity index (χ1v) is 12.1. The molecule has 1 heterocycles. The summed E-state index contributed by atoms with van der Waals surface area (Å²) in [7, 11) is 1.78. The van der Waals surface area contributed by atoms with E-state index in [4.69, 9.17) is 9.84 Å². The van der Waals surface area contributed by atoms with Gasteiger partial charge < -0.3 is 4.74 Å². The van der Waals surface area contributed by atoms with Crippen LogP contribution in [0.5, 0.6) is 0 Å². The number of hydrogen-bond acceptors (Lipinski definition) is 4. The summed E-state index contributed by atoms with van der Waals surface area (Å²) in [6.45, 7) is 6.15. The number of hydrazone groups is 1. The molecule has 4 rings (SSSR count). The maximum absolute atomic E-state index is 5.41. The molecule has 5 heteroatoms. The predicted octanol–water partition coefficient (Wildman–Crippen LogP) is 5.76. The Labute approximate surface area is 212 Å². The summed E-state index contributed by atoms with van der Waals surface area (Å²) in [5, 5.41) is 7.74. The molecule has 3 aliphatic rings. The van der Waals surface area contributed by atoms with Crippen molar-refractivity contribution < 1.29 is 21.8 Å². The van der Waals surface area contributed by atoms with Crippen LogP contribution in [0.15, 0.2) is 34.3 Å². The Hall–Kier alpha value is -0.481. The van der Waals surface area contributed by atoms with E-state index in [9.17, 15) is 0 Å². The van der Waals surface area contributed by atoms with Gasteiger partial charge in [-0.1, -0.05) is 24.6 Å². The third-order valence-corrected chi connectivity index (χ3v) is 6.82. The summed E-state index contributed by atoms with van der Waals surface area (Å²) in [5.74, 6) is 1.24. The van der Waals surface area contributed by atoms with Crippen molar-refractivity contribution >= 4 is 17.5 Å². The second kappa shape index (κ2) is 15.4. The van der Waals surface area contributed by atoms with Crippen molar-refractivity contribution in [3.05, 3.63) is 93.5 Å². The number of ether oxygens (including phenoxy) is 1. The maximum Gasteiger partial charge on any atom is 2.00 e. The van der Waals surface area contributed by atoms with E-state index < -0.39 is 0 Å². The van der Waals surface area contributed by atoms with Gasteiger partial charge >= 0.3 is 17.1 Å². The SMILES string of the molecule is CC[C@@H](Sc1ccc(C)cc1)/C(=N/N1CCC[C@H]1COC)[C]1[CH][CH][CH][CH]1.[CH]1[CH][CH][CH][CH]1.[Fe+2]. The Balaban J connectivity index is 0.000000534. The van der Waals surface area contributed by atoms with Crippen molar-refractivity contribution in [2.45, 2.75) is 49.3 Å². The molecule has 170 valence electrons. The average molecular weight is 490 g/mol. The van der Waals surface area contributed by atoms with E-state index >= 15 is 0 Å². The van der Waals surface area contributed by atoms with Gasteiger partial charge in [0.2, 0.25) is 0 Å². The molecule has 2 aliphatic carbocycles. The van der Waals surface area contributed by atoms with Crippen molar-refractivity contribution in [3.63, 3.8) is 0 Å². The molecule has 3 nitrogen and oxygen atoms in total. The molecule has 1 saturated heterocycles. The molecule has 10 radical (unpaired) electrons. The van der Waals surface area contributed by atoms with Crippen LogP contribution in [-0.2, 0) is 21.8 Å². The summed E-state index contributed by atoms with van der Waals surface area (Å²) in [4.78, 5) is 1.30. The van der Waals surface area contributed by atoms with Crippen LogP contribution >= 0.6 is 11.8 Å². The minimum Gasteiger partial charge on any atom is -0.382 e. The van der Waals surface area contributed by atoms with Crippen molar-refractivity contribution in [1.29, 1.82) is 0 Å². The Kier molecular flexibility index (Phi) is 13.4. The van der Waals surface area contributed by atoms with Gasteiger partial charge in [0.05, 0.1) is 18.4 Å².